The molecule has 0 bridgehead atoms. The van der Waals surface area contributed by atoms with Crippen molar-refractivity contribution in [3.8, 4) is 5.75 Å². The van der Waals surface area contributed by atoms with Crippen LogP contribution in [0, 0.1) is 5.92 Å². The number of ether oxygens (including phenoxy) is 1. The van der Waals surface area contributed by atoms with Crippen molar-refractivity contribution in [3.05, 3.63) is 35.7 Å². The number of methoxy groups -OCH3 is 1. The molecule has 6 heteroatoms. The number of hydrogen-bond acceptors (Lipinski definition) is 4. The molecule has 5 nitrogen and oxygen atoms in total. The van der Waals surface area contributed by atoms with Crippen molar-refractivity contribution in [1.82, 2.24) is 0 Å². The third-order valence-corrected chi connectivity index (χ3v) is 4.30. The van der Waals surface area contributed by atoms with Crippen LogP contribution in [0.4, 0.5) is 5.69 Å². The van der Waals surface area contributed by atoms with Gasteiger partial charge in [-0.2, -0.15) is 0 Å². The van der Waals surface area contributed by atoms with Crippen LogP contribution >= 0.6 is 0 Å². The van der Waals surface area contributed by atoms with Crippen molar-refractivity contribution in [2.24, 2.45) is 5.92 Å². The number of hydrogen-bond donors (Lipinski definition) is 1. The van der Waals surface area contributed by atoms with E-state index in [-0.39, 0.29) is 24.0 Å². The molecule has 1 atom stereocenters. The lowest BCUT2D eigenvalue weighted by Gasteiger charge is -2.11. The first-order chi connectivity index (χ1) is 9.00. The summed E-state index contributed by atoms with van der Waals surface area (Å²) in [6.45, 7) is 0. The van der Waals surface area contributed by atoms with Gasteiger partial charge in [-0.15, -0.1) is 0 Å². The standard InChI is InChI=1S/C13H15NO4S/c1-18-12-5-3-2-4-11(12)14-13(15)8-10-6-7-19(16,17)9-10/h2-7,10H,8-9H2,1H3,(H,14,15). The van der Waals surface area contributed by atoms with Gasteiger partial charge in [0.25, 0.3) is 0 Å². The molecule has 1 aromatic rings. The second-order valence-corrected chi connectivity index (χ2v) is 6.30. The number of amides is 1. The minimum absolute atomic E-state index is 0.00629. The molecule has 0 fully saturated rings. The van der Waals surface area contributed by atoms with Crippen LogP contribution in [0.1, 0.15) is 6.42 Å². The Morgan fingerprint density at radius 1 is 1.42 bits per heavy atom. The Balaban J connectivity index is 1.97. The van der Waals surface area contributed by atoms with Gasteiger partial charge in [0.15, 0.2) is 9.84 Å². The molecule has 19 heavy (non-hydrogen) atoms. The molecule has 0 radical (unpaired) electrons. The van der Waals surface area contributed by atoms with Crippen LogP contribution in [0.15, 0.2) is 35.7 Å². The van der Waals surface area contributed by atoms with Gasteiger partial charge in [-0.1, -0.05) is 18.2 Å². The summed E-state index contributed by atoms with van der Waals surface area (Å²) in [5.74, 6) is 0.105. The average molecular weight is 281 g/mol. The Morgan fingerprint density at radius 2 is 2.16 bits per heavy atom. The third-order valence-electron chi connectivity index (χ3n) is 2.83. The number of allylic oxidation sites excluding steroid dienone is 1. The summed E-state index contributed by atoms with van der Waals surface area (Å²) >= 11 is 0. The Kier molecular flexibility index (Phi) is 3.90. The molecule has 1 heterocycles. The normalized spacial score (nSPS) is 20.2. The molecule has 0 spiro atoms. The molecule has 1 N–H and O–H groups in total. The molecule has 0 saturated heterocycles. The summed E-state index contributed by atoms with van der Waals surface area (Å²) in [4.78, 5) is 11.9. The number of carbonyl (C=O) groups excluding carboxylic acids is 1. The van der Waals surface area contributed by atoms with Gasteiger partial charge in [-0.05, 0) is 12.1 Å². The van der Waals surface area contributed by atoms with Gasteiger partial charge in [-0.25, -0.2) is 8.42 Å². The number of para-hydroxylation sites is 2. The van der Waals surface area contributed by atoms with Crippen LogP contribution in [-0.4, -0.2) is 27.2 Å². The van der Waals surface area contributed by atoms with Crippen LogP contribution in [0.25, 0.3) is 0 Å². The van der Waals surface area contributed by atoms with Crippen molar-refractivity contribution in [2.75, 3.05) is 18.2 Å². The molecule has 1 aromatic carbocycles. The number of rotatable bonds is 4. The summed E-state index contributed by atoms with van der Waals surface area (Å²) in [6, 6.07) is 7.08. The highest BCUT2D eigenvalue weighted by molar-refractivity contribution is 7.94. The van der Waals surface area contributed by atoms with Crippen LogP contribution in [0.5, 0.6) is 5.75 Å². The fourth-order valence-corrected chi connectivity index (χ4v) is 3.35. The Morgan fingerprint density at radius 3 is 2.79 bits per heavy atom. The molecule has 1 unspecified atom stereocenters. The first-order valence-electron chi connectivity index (χ1n) is 5.84. The minimum Gasteiger partial charge on any atom is -0.495 e. The molecule has 1 aliphatic rings. The van der Waals surface area contributed by atoms with E-state index in [1.54, 1.807) is 30.3 Å². The van der Waals surface area contributed by atoms with E-state index in [1.807, 2.05) is 0 Å². The topological polar surface area (TPSA) is 72.5 Å². The van der Waals surface area contributed by atoms with E-state index >= 15 is 0 Å². The smallest absolute Gasteiger partial charge is 0.225 e. The highest BCUT2D eigenvalue weighted by Gasteiger charge is 2.24. The average Bonchev–Trinajstić information content (AvgIpc) is 2.69. The van der Waals surface area contributed by atoms with E-state index in [4.69, 9.17) is 4.74 Å². The lowest BCUT2D eigenvalue weighted by molar-refractivity contribution is -0.116. The van der Waals surface area contributed by atoms with E-state index in [1.165, 1.54) is 12.5 Å². The minimum atomic E-state index is -3.11. The second-order valence-electron chi connectivity index (χ2n) is 4.37. The van der Waals surface area contributed by atoms with Gasteiger partial charge in [0.05, 0.1) is 18.6 Å². The molecular weight excluding hydrogens is 266 g/mol. The quantitative estimate of drug-likeness (QED) is 0.909. The van der Waals surface area contributed by atoms with Crippen molar-refractivity contribution < 1.29 is 17.9 Å². The maximum atomic E-state index is 11.9. The van der Waals surface area contributed by atoms with Gasteiger partial charge >= 0.3 is 0 Å². The highest BCUT2D eigenvalue weighted by Crippen LogP contribution is 2.24. The van der Waals surface area contributed by atoms with Crippen LogP contribution in [0.3, 0.4) is 0 Å². The molecule has 2 rings (SSSR count). The fraction of sp³-hybridized carbons (Fsp3) is 0.308. The van der Waals surface area contributed by atoms with Crippen molar-refractivity contribution >= 4 is 21.4 Å². The van der Waals surface area contributed by atoms with E-state index in [9.17, 15) is 13.2 Å². The molecule has 1 aliphatic heterocycles. The zero-order valence-electron chi connectivity index (χ0n) is 10.5. The largest absolute Gasteiger partial charge is 0.495 e. The molecule has 0 aromatic heterocycles. The van der Waals surface area contributed by atoms with E-state index in [2.05, 4.69) is 5.32 Å². The summed E-state index contributed by atoms with van der Waals surface area (Å²) in [7, 11) is -1.59. The molecule has 0 aliphatic carbocycles. The van der Waals surface area contributed by atoms with Crippen LogP contribution in [0.2, 0.25) is 0 Å². The first kappa shape index (κ1) is 13.6. The molecule has 0 saturated carbocycles. The summed E-state index contributed by atoms with van der Waals surface area (Å²) in [6.07, 6.45) is 1.71. The number of sulfone groups is 1. The summed E-state index contributed by atoms with van der Waals surface area (Å²) in [5, 5.41) is 3.90. The lowest BCUT2D eigenvalue weighted by Crippen LogP contribution is -2.18. The third kappa shape index (κ3) is 3.57. The zero-order chi connectivity index (χ0) is 13.9. The predicted molar refractivity (Wildman–Crippen MR) is 72.7 cm³/mol. The van der Waals surface area contributed by atoms with Crippen molar-refractivity contribution in [3.63, 3.8) is 0 Å². The Labute approximate surface area is 112 Å². The van der Waals surface area contributed by atoms with Crippen LogP contribution in [-0.2, 0) is 14.6 Å². The molecule has 1 amide bonds. The predicted octanol–water partition coefficient (Wildman–Crippen LogP) is 1.58. The monoisotopic (exact) mass is 281 g/mol. The van der Waals surface area contributed by atoms with Crippen molar-refractivity contribution in [2.45, 2.75) is 6.42 Å². The highest BCUT2D eigenvalue weighted by atomic mass is 32.2. The SMILES string of the molecule is COc1ccccc1NC(=O)CC1C=CS(=O)(=O)C1. The number of anilines is 1. The van der Waals surface area contributed by atoms with E-state index in [0.717, 1.165) is 0 Å². The Hall–Kier alpha value is -1.82. The van der Waals surface area contributed by atoms with E-state index in [0.29, 0.717) is 11.4 Å². The second kappa shape index (κ2) is 5.44. The fourth-order valence-electron chi connectivity index (χ4n) is 1.95. The van der Waals surface area contributed by atoms with Gasteiger partial charge < -0.3 is 10.1 Å². The first-order valence-corrected chi connectivity index (χ1v) is 7.55. The van der Waals surface area contributed by atoms with Gasteiger partial charge in [0.1, 0.15) is 5.75 Å². The maximum absolute atomic E-state index is 11.9. The van der Waals surface area contributed by atoms with Gasteiger partial charge in [0, 0.05) is 17.7 Å². The van der Waals surface area contributed by atoms with Gasteiger partial charge in [-0.3, -0.25) is 4.79 Å². The maximum Gasteiger partial charge on any atom is 0.225 e. The molecule has 102 valence electrons. The number of carbonyl (C=O) groups is 1. The zero-order valence-corrected chi connectivity index (χ0v) is 11.3. The van der Waals surface area contributed by atoms with Gasteiger partial charge in [0.2, 0.25) is 5.91 Å². The summed E-state index contributed by atoms with van der Waals surface area (Å²) in [5.41, 5.74) is 0.583. The lowest BCUT2D eigenvalue weighted by atomic mass is 10.1. The molecular formula is C13H15NO4S. The van der Waals surface area contributed by atoms with Crippen molar-refractivity contribution in [1.29, 1.82) is 0 Å². The van der Waals surface area contributed by atoms with Crippen LogP contribution < -0.4 is 10.1 Å². The van der Waals surface area contributed by atoms with E-state index < -0.39 is 9.84 Å². The Bertz CT molecular complexity index is 607. The number of nitrogens with one attached hydrogen (secondary N) is 1. The summed E-state index contributed by atoms with van der Waals surface area (Å²) < 4.78 is 27.6. The number of benzene rings is 1.